The van der Waals surface area contributed by atoms with Gasteiger partial charge in [-0.25, -0.2) is 4.98 Å². The van der Waals surface area contributed by atoms with Crippen LogP contribution >= 0.6 is 11.6 Å². The molecule has 0 bridgehead atoms. The summed E-state index contributed by atoms with van der Waals surface area (Å²) in [5.74, 6) is 1.04. The minimum absolute atomic E-state index is 0.145. The zero-order valence-corrected chi connectivity index (χ0v) is 24.9. The van der Waals surface area contributed by atoms with Gasteiger partial charge in [0.15, 0.2) is 5.82 Å². The van der Waals surface area contributed by atoms with E-state index >= 15 is 0 Å². The highest BCUT2D eigenvalue weighted by atomic mass is 35.5. The molecule has 0 aliphatic carbocycles. The van der Waals surface area contributed by atoms with Gasteiger partial charge >= 0.3 is 0 Å². The van der Waals surface area contributed by atoms with Crippen molar-refractivity contribution in [2.45, 2.75) is 18.9 Å². The third-order valence-electron chi connectivity index (χ3n) is 7.88. The van der Waals surface area contributed by atoms with E-state index in [-0.39, 0.29) is 19.1 Å². The number of piperidine rings is 1. The van der Waals surface area contributed by atoms with Gasteiger partial charge in [0, 0.05) is 63.6 Å². The van der Waals surface area contributed by atoms with Crippen molar-refractivity contribution < 1.29 is 14.6 Å². The van der Waals surface area contributed by atoms with Gasteiger partial charge in [-0.05, 0) is 44.2 Å². The summed E-state index contributed by atoms with van der Waals surface area (Å²) in [6.07, 6.45) is 3.82. The summed E-state index contributed by atoms with van der Waals surface area (Å²) in [7, 11) is 3.85. The number of halogens is 1. The predicted molar refractivity (Wildman–Crippen MR) is 167 cm³/mol. The van der Waals surface area contributed by atoms with Crippen LogP contribution in [-0.2, 0) is 0 Å². The summed E-state index contributed by atoms with van der Waals surface area (Å²) in [5.41, 5.74) is 2.79. The lowest BCUT2D eigenvalue weighted by atomic mass is 10.0. The van der Waals surface area contributed by atoms with Crippen molar-refractivity contribution in [2.24, 2.45) is 0 Å². The summed E-state index contributed by atoms with van der Waals surface area (Å²) in [5, 5.41) is 18.4. The van der Waals surface area contributed by atoms with Crippen LogP contribution in [0, 0.1) is 0 Å². The Morgan fingerprint density at radius 3 is 2.55 bits per heavy atom. The minimum atomic E-state index is -0.316. The Hall–Kier alpha value is -3.64. The van der Waals surface area contributed by atoms with Gasteiger partial charge in [-0.2, -0.15) is 4.98 Å². The molecule has 2 saturated heterocycles. The fourth-order valence-corrected chi connectivity index (χ4v) is 5.61. The van der Waals surface area contributed by atoms with Crippen LogP contribution in [0.25, 0.3) is 0 Å². The van der Waals surface area contributed by atoms with Gasteiger partial charge in [0.1, 0.15) is 10.8 Å². The number of hydrogen-bond acceptors (Lipinski definition) is 10. The van der Waals surface area contributed by atoms with E-state index in [2.05, 4.69) is 59.8 Å². The molecule has 5 rings (SSSR count). The number of aliphatic hydroxyl groups excluding tert-OH is 1. The van der Waals surface area contributed by atoms with Crippen molar-refractivity contribution >= 4 is 46.3 Å². The number of ether oxygens (including phenoxy) is 1. The van der Waals surface area contributed by atoms with Crippen LogP contribution in [-0.4, -0.2) is 103 Å². The second-order valence-corrected chi connectivity index (χ2v) is 11.0. The summed E-state index contributed by atoms with van der Waals surface area (Å²) in [4.78, 5) is 28.9. The lowest BCUT2D eigenvalue weighted by molar-refractivity contribution is 0.0945. The molecule has 2 fully saturated rings. The molecule has 0 saturated carbocycles. The van der Waals surface area contributed by atoms with E-state index in [0.717, 1.165) is 63.5 Å². The SMILES string of the molecule is COc1cc(N2CCC(N3CCN(C)CC3)CC2)ccc1Nc1ncc(Cl)c(Nc2ccccc2C(=O)NCCO)n1. The fourth-order valence-electron chi connectivity index (χ4n) is 5.47. The summed E-state index contributed by atoms with van der Waals surface area (Å²) in [6, 6.07) is 13.8. The molecule has 42 heavy (non-hydrogen) atoms. The Morgan fingerprint density at radius 2 is 1.81 bits per heavy atom. The van der Waals surface area contributed by atoms with Gasteiger partial charge in [-0.15, -0.1) is 0 Å². The average molecular weight is 595 g/mol. The molecule has 224 valence electrons. The number of piperazine rings is 1. The molecule has 1 aromatic heterocycles. The number of anilines is 5. The third kappa shape index (κ3) is 7.22. The quantitative estimate of drug-likeness (QED) is 0.277. The normalized spacial score (nSPS) is 16.7. The van der Waals surface area contributed by atoms with Crippen molar-refractivity contribution in [2.75, 3.05) is 82.1 Å². The zero-order chi connectivity index (χ0) is 29.5. The van der Waals surface area contributed by atoms with Crippen molar-refractivity contribution in [3.63, 3.8) is 0 Å². The van der Waals surface area contributed by atoms with Gasteiger partial charge in [0.25, 0.3) is 5.91 Å². The Morgan fingerprint density at radius 1 is 1.05 bits per heavy atom. The molecule has 12 heteroatoms. The van der Waals surface area contributed by atoms with Gasteiger partial charge in [-0.1, -0.05) is 23.7 Å². The fraction of sp³-hybridized carbons (Fsp3) is 0.433. The molecule has 2 aliphatic rings. The van der Waals surface area contributed by atoms with Crippen molar-refractivity contribution in [3.8, 4) is 5.75 Å². The van der Waals surface area contributed by atoms with Crippen LogP contribution < -0.4 is 25.6 Å². The second kappa shape index (κ2) is 14.0. The van der Waals surface area contributed by atoms with Crippen molar-refractivity contribution in [3.05, 3.63) is 59.2 Å². The number of amides is 1. The van der Waals surface area contributed by atoms with Crippen LogP contribution in [0.2, 0.25) is 5.02 Å². The Bertz CT molecular complexity index is 1360. The maximum atomic E-state index is 12.6. The first-order valence-electron chi connectivity index (χ1n) is 14.4. The number of hydrogen-bond donors (Lipinski definition) is 4. The maximum Gasteiger partial charge on any atom is 0.253 e. The molecule has 3 heterocycles. The second-order valence-electron chi connectivity index (χ2n) is 10.6. The highest BCUT2D eigenvalue weighted by molar-refractivity contribution is 6.33. The number of rotatable bonds is 10. The number of carbonyl (C=O) groups is 1. The number of para-hydroxylation sites is 1. The number of nitrogens with zero attached hydrogens (tertiary/aromatic N) is 5. The summed E-state index contributed by atoms with van der Waals surface area (Å²) < 4.78 is 5.74. The van der Waals surface area contributed by atoms with E-state index in [4.69, 9.17) is 21.4 Å². The molecule has 0 unspecified atom stereocenters. The van der Waals surface area contributed by atoms with Gasteiger partial charge < -0.3 is 35.6 Å². The number of carbonyl (C=O) groups excluding carboxylic acids is 1. The third-order valence-corrected chi connectivity index (χ3v) is 8.16. The first-order valence-corrected chi connectivity index (χ1v) is 14.7. The molecule has 1 amide bonds. The molecular formula is C30H39ClN8O3. The first-order chi connectivity index (χ1) is 20.4. The van der Waals surface area contributed by atoms with E-state index < -0.39 is 0 Å². The van der Waals surface area contributed by atoms with E-state index in [0.29, 0.717) is 39.8 Å². The van der Waals surface area contributed by atoms with Crippen LogP contribution in [0.4, 0.5) is 28.8 Å². The summed E-state index contributed by atoms with van der Waals surface area (Å²) >= 11 is 6.41. The smallest absolute Gasteiger partial charge is 0.253 e. The topological polar surface area (TPSA) is 118 Å². The molecule has 3 aromatic rings. The maximum absolute atomic E-state index is 12.6. The van der Waals surface area contributed by atoms with Crippen molar-refractivity contribution in [1.29, 1.82) is 0 Å². The number of aromatic nitrogens is 2. The van der Waals surface area contributed by atoms with Crippen LogP contribution in [0.1, 0.15) is 23.2 Å². The molecule has 0 spiro atoms. The summed E-state index contributed by atoms with van der Waals surface area (Å²) in [6.45, 7) is 6.66. The van der Waals surface area contributed by atoms with E-state index in [9.17, 15) is 4.79 Å². The number of methoxy groups -OCH3 is 1. The number of nitrogens with one attached hydrogen (secondary N) is 3. The molecule has 11 nitrogen and oxygen atoms in total. The number of aliphatic hydroxyl groups is 1. The number of likely N-dealkylation sites (N-methyl/N-ethyl adjacent to an activating group) is 1. The molecule has 0 atom stereocenters. The molecule has 4 N–H and O–H groups in total. The largest absolute Gasteiger partial charge is 0.494 e. The van der Waals surface area contributed by atoms with E-state index in [1.165, 1.54) is 6.20 Å². The zero-order valence-electron chi connectivity index (χ0n) is 24.1. The van der Waals surface area contributed by atoms with Crippen LogP contribution in [0.15, 0.2) is 48.7 Å². The lowest BCUT2D eigenvalue weighted by Crippen LogP contribution is -2.52. The predicted octanol–water partition coefficient (Wildman–Crippen LogP) is 3.56. The Balaban J connectivity index is 1.25. The van der Waals surface area contributed by atoms with Crippen molar-refractivity contribution in [1.82, 2.24) is 25.1 Å². The standard InChI is InChI=1S/C30H39ClN8O3/c1-37-14-16-39(17-15-37)21-9-12-38(13-10-21)22-7-8-26(27(19-22)42-2)35-30-33-20-24(31)28(36-30)34-25-6-4-3-5-23(25)29(41)32-11-18-40/h3-8,19-21,40H,9-18H2,1-2H3,(H,32,41)(H2,33,34,35,36). The minimum Gasteiger partial charge on any atom is -0.494 e. The van der Waals surface area contributed by atoms with Gasteiger partial charge in [-0.3, -0.25) is 9.69 Å². The van der Waals surface area contributed by atoms with E-state index in [1.807, 2.05) is 6.07 Å². The van der Waals surface area contributed by atoms with Crippen LogP contribution in [0.3, 0.4) is 0 Å². The molecular weight excluding hydrogens is 556 g/mol. The Kier molecular flexibility index (Phi) is 9.96. The average Bonchev–Trinajstić information content (AvgIpc) is 3.02. The lowest BCUT2D eigenvalue weighted by Gasteiger charge is -2.42. The number of benzene rings is 2. The van der Waals surface area contributed by atoms with Gasteiger partial charge in [0.2, 0.25) is 5.95 Å². The van der Waals surface area contributed by atoms with Crippen LogP contribution in [0.5, 0.6) is 5.75 Å². The molecule has 2 aliphatic heterocycles. The highest BCUT2D eigenvalue weighted by Gasteiger charge is 2.27. The molecule has 2 aromatic carbocycles. The highest BCUT2D eigenvalue weighted by Crippen LogP contribution is 2.34. The van der Waals surface area contributed by atoms with E-state index in [1.54, 1.807) is 31.4 Å². The Labute approximate surface area is 251 Å². The molecule has 0 radical (unpaired) electrons. The monoisotopic (exact) mass is 594 g/mol. The first kappa shape index (κ1) is 29.8. The van der Waals surface area contributed by atoms with Gasteiger partial charge in [0.05, 0.1) is 36.9 Å².